The van der Waals surface area contributed by atoms with Crippen LogP contribution in [-0.2, 0) is 0 Å². The van der Waals surface area contributed by atoms with Crippen molar-refractivity contribution in [2.24, 2.45) is 10.7 Å². The Bertz CT molecular complexity index is 631. The standard InChI is InChI=1S/C13H16N6S/c1-19(2)8-16-10-5-3-4-9(6-10)11-7-20-13(17-11)18-12(14)15/h3-8H,1-2H3,(H4,14,15,17,18). The Morgan fingerprint density at radius 2 is 2.30 bits per heavy atom. The highest BCUT2D eigenvalue weighted by molar-refractivity contribution is 7.14. The third-order valence-corrected chi connectivity index (χ3v) is 3.08. The number of guanidine groups is 1. The molecule has 0 aliphatic rings. The van der Waals surface area contributed by atoms with Gasteiger partial charge in [0.1, 0.15) is 0 Å². The van der Waals surface area contributed by atoms with Crippen LogP contribution in [0.15, 0.2) is 34.6 Å². The number of nitrogens with zero attached hydrogens (tertiary/aromatic N) is 3. The molecule has 2 aromatic rings. The number of anilines is 1. The van der Waals surface area contributed by atoms with Gasteiger partial charge in [-0.05, 0) is 12.1 Å². The maximum atomic E-state index is 7.18. The van der Waals surface area contributed by atoms with Crippen LogP contribution in [0.1, 0.15) is 0 Å². The van der Waals surface area contributed by atoms with Gasteiger partial charge in [0.05, 0.1) is 17.7 Å². The molecule has 0 aliphatic heterocycles. The summed E-state index contributed by atoms with van der Waals surface area (Å²) in [4.78, 5) is 10.6. The zero-order valence-electron chi connectivity index (χ0n) is 11.3. The fourth-order valence-electron chi connectivity index (χ4n) is 1.51. The second kappa shape index (κ2) is 6.16. The first-order chi connectivity index (χ1) is 9.54. The van der Waals surface area contributed by atoms with Crippen molar-refractivity contribution < 1.29 is 0 Å². The molecule has 0 amide bonds. The summed E-state index contributed by atoms with van der Waals surface area (Å²) >= 11 is 1.41. The number of aliphatic imine (C=N–C) groups is 1. The van der Waals surface area contributed by atoms with Crippen LogP contribution in [0.2, 0.25) is 0 Å². The predicted molar refractivity (Wildman–Crippen MR) is 84.9 cm³/mol. The largest absolute Gasteiger partial charge is 0.370 e. The van der Waals surface area contributed by atoms with Gasteiger partial charge in [-0.2, -0.15) is 0 Å². The van der Waals surface area contributed by atoms with Gasteiger partial charge in [-0.25, -0.2) is 9.98 Å². The van der Waals surface area contributed by atoms with Gasteiger partial charge in [0, 0.05) is 25.0 Å². The minimum atomic E-state index is -0.116. The molecule has 1 aromatic carbocycles. The summed E-state index contributed by atoms with van der Waals surface area (Å²) in [6.07, 6.45) is 1.75. The van der Waals surface area contributed by atoms with E-state index in [9.17, 15) is 0 Å². The zero-order chi connectivity index (χ0) is 14.5. The van der Waals surface area contributed by atoms with Crippen molar-refractivity contribution in [1.29, 1.82) is 5.41 Å². The third-order valence-electron chi connectivity index (χ3n) is 2.33. The molecule has 1 heterocycles. The molecule has 0 saturated carbocycles. The van der Waals surface area contributed by atoms with E-state index in [-0.39, 0.29) is 5.96 Å². The number of benzene rings is 1. The van der Waals surface area contributed by atoms with E-state index >= 15 is 0 Å². The van der Waals surface area contributed by atoms with Crippen molar-refractivity contribution in [2.45, 2.75) is 0 Å². The van der Waals surface area contributed by atoms with Gasteiger partial charge in [-0.15, -0.1) is 11.3 Å². The highest BCUT2D eigenvalue weighted by atomic mass is 32.1. The van der Waals surface area contributed by atoms with Crippen molar-refractivity contribution in [3.05, 3.63) is 29.6 Å². The summed E-state index contributed by atoms with van der Waals surface area (Å²) < 4.78 is 0. The molecule has 20 heavy (non-hydrogen) atoms. The Balaban J connectivity index is 2.22. The topological polar surface area (TPSA) is 90.4 Å². The molecule has 0 bridgehead atoms. The van der Waals surface area contributed by atoms with Crippen LogP contribution in [0.3, 0.4) is 0 Å². The number of aromatic nitrogens is 1. The van der Waals surface area contributed by atoms with Gasteiger partial charge < -0.3 is 16.0 Å². The Morgan fingerprint density at radius 3 is 3.00 bits per heavy atom. The lowest BCUT2D eigenvalue weighted by atomic mass is 10.1. The summed E-state index contributed by atoms with van der Waals surface area (Å²) in [5, 5.41) is 12.4. The number of nitrogens with one attached hydrogen (secondary N) is 2. The van der Waals surface area contributed by atoms with E-state index in [1.807, 2.05) is 48.6 Å². The Labute approximate surface area is 121 Å². The molecule has 2 rings (SSSR count). The Hall–Kier alpha value is -2.41. The molecule has 7 heteroatoms. The van der Waals surface area contributed by atoms with Crippen molar-refractivity contribution >= 4 is 34.5 Å². The first-order valence-corrected chi connectivity index (χ1v) is 6.80. The number of hydrogen-bond donors (Lipinski definition) is 3. The Kier molecular flexibility index (Phi) is 4.31. The van der Waals surface area contributed by atoms with Gasteiger partial charge in [0.15, 0.2) is 11.1 Å². The van der Waals surface area contributed by atoms with Crippen LogP contribution >= 0.6 is 11.3 Å². The van der Waals surface area contributed by atoms with Crippen LogP contribution < -0.4 is 11.1 Å². The van der Waals surface area contributed by atoms with Gasteiger partial charge >= 0.3 is 0 Å². The zero-order valence-corrected chi connectivity index (χ0v) is 12.1. The fourth-order valence-corrected chi connectivity index (χ4v) is 2.24. The van der Waals surface area contributed by atoms with Crippen LogP contribution in [0, 0.1) is 5.41 Å². The van der Waals surface area contributed by atoms with Gasteiger partial charge in [-0.3, -0.25) is 5.41 Å². The number of rotatable bonds is 4. The minimum absolute atomic E-state index is 0.116. The highest BCUT2D eigenvalue weighted by Gasteiger charge is 2.05. The molecule has 0 radical (unpaired) electrons. The molecular formula is C13H16N6S. The van der Waals surface area contributed by atoms with Crippen molar-refractivity contribution in [1.82, 2.24) is 9.88 Å². The van der Waals surface area contributed by atoms with Crippen molar-refractivity contribution in [3.63, 3.8) is 0 Å². The number of thiazole rings is 1. The van der Waals surface area contributed by atoms with E-state index in [2.05, 4.69) is 15.3 Å². The minimum Gasteiger partial charge on any atom is -0.370 e. The van der Waals surface area contributed by atoms with Gasteiger partial charge in [0.2, 0.25) is 0 Å². The molecule has 0 atom stereocenters. The first-order valence-electron chi connectivity index (χ1n) is 5.92. The average molecular weight is 288 g/mol. The van der Waals surface area contributed by atoms with E-state index < -0.39 is 0 Å². The highest BCUT2D eigenvalue weighted by Crippen LogP contribution is 2.27. The first kappa shape index (κ1) is 14.0. The maximum Gasteiger partial charge on any atom is 0.192 e. The maximum absolute atomic E-state index is 7.18. The smallest absolute Gasteiger partial charge is 0.192 e. The molecule has 1 aromatic heterocycles. The van der Waals surface area contributed by atoms with Gasteiger partial charge in [-0.1, -0.05) is 12.1 Å². The van der Waals surface area contributed by atoms with Crippen LogP contribution in [0.25, 0.3) is 11.3 Å². The second-order valence-electron chi connectivity index (χ2n) is 4.34. The Morgan fingerprint density at radius 1 is 1.50 bits per heavy atom. The van der Waals surface area contributed by atoms with E-state index in [1.54, 1.807) is 6.34 Å². The monoisotopic (exact) mass is 288 g/mol. The normalized spacial score (nSPS) is 10.7. The van der Waals surface area contributed by atoms with E-state index in [0.717, 1.165) is 16.9 Å². The molecular weight excluding hydrogens is 272 g/mol. The predicted octanol–water partition coefficient (Wildman–Crippen LogP) is 2.34. The molecule has 0 fully saturated rings. The lowest BCUT2D eigenvalue weighted by Gasteiger charge is -2.03. The van der Waals surface area contributed by atoms with Crippen molar-refractivity contribution in [2.75, 3.05) is 19.4 Å². The number of hydrogen-bond acceptors (Lipinski definition) is 4. The molecule has 6 nitrogen and oxygen atoms in total. The molecule has 0 spiro atoms. The molecule has 0 saturated heterocycles. The summed E-state index contributed by atoms with van der Waals surface area (Å²) in [6.45, 7) is 0. The van der Waals surface area contributed by atoms with E-state index in [1.165, 1.54) is 11.3 Å². The summed E-state index contributed by atoms with van der Waals surface area (Å²) in [6, 6.07) is 7.81. The molecule has 4 N–H and O–H groups in total. The summed E-state index contributed by atoms with van der Waals surface area (Å²) in [5.41, 5.74) is 7.96. The average Bonchev–Trinajstić information content (AvgIpc) is 2.84. The SMILES string of the molecule is CN(C)C=Nc1cccc(-c2csc(NC(=N)N)n2)c1. The van der Waals surface area contributed by atoms with Crippen LogP contribution in [-0.4, -0.2) is 36.3 Å². The van der Waals surface area contributed by atoms with E-state index in [4.69, 9.17) is 11.1 Å². The van der Waals surface area contributed by atoms with Crippen molar-refractivity contribution in [3.8, 4) is 11.3 Å². The van der Waals surface area contributed by atoms with Gasteiger partial charge in [0.25, 0.3) is 0 Å². The fraction of sp³-hybridized carbons (Fsp3) is 0.154. The lowest BCUT2D eigenvalue weighted by Crippen LogP contribution is -2.20. The summed E-state index contributed by atoms with van der Waals surface area (Å²) in [5.74, 6) is -0.116. The molecule has 0 aliphatic carbocycles. The number of nitrogens with two attached hydrogens (primary N) is 1. The van der Waals surface area contributed by atoms with Crippen LogP contribution in [0.5, 0.6) is 0 Å². The molecule has 104 valence electrons. The lowest BCUT2D eigenvalue weighted by molar-refractivity contribution is 0.643. The molecule has 0 unspecified atom stereocenters. The van der Waals surface area contributed by atoms with E-state index in [0.29, 0.717) is 5.13 Å². The summed E-state index contributed by atoms with van der Waals surface area (Å²) in [7, 11) is 3.85. The third kappa shape index (κ3) is 3.79. The van der Waals surface area contributed by atoms with Crippen LogP contribution in [0.4, 0.5) is 10.8 Å². The quantitative estimate of drug-likeness (QED) is 0.595. The second-order valence-corrected chi connectivity index (χ2v) is 5.19.